The lowest BCUT2D eigenvalue weighted by Crippen LogP contribution is -2.31. The highest BCUT2D eigenvalue weighted by Crippen LogP contribution is 2.45. The fourth-order valence-electron chi connectivity index (χ4n) is 4.78. The van der Waals surface area contributed by atoms with E-state index in [1.165, 1.54) is 20.3 Å². The minimum atomic E-state index is -0.378. The van der Waals surface area contributed by atoms with Crippen LogP contribution in [-0.2, 0) is 16.1 Å². The Morgan fingerprint density at radius 2 is 1.88 bits per heavy atom. The average molecular weight is 610 g/mol. The number of nitrogens with zero attached hydrogens (tertiary/aromatic N) is 3. The van der Waals surface area contributed by atoms with Crippen molar-refractivity contribution in [3.05, 3.63) is 81.2 Å². The molecule has 1 atom stereocenters. The van der Waals surface area contributed by atoms with E-state index in [1.807, 2.05) is 12.1 Å². The van der Waals surface area contributed by atoms with Gasteiger partial charge in [0.05, 0.1) is 49.0 Å². The highest BCUT2D eigenvalue weighted by Gasteiger charge is 2.24. The Bertz CT molecular complexity index is 1670. The largest absolute Gasteiger partial charge is 0.495 e. The maximum Gasteiger partial charge on any atom is 0.260 e. The summed E-state index contributed by atoms with van der Waals surface area (Å²) in [6.45, 7) is 4.92. The van der Waals surface area contributed by atoms with Crippen molar-refractivity contribution < 1.29 is 19.0 Å². The Kier molecular flexibility index (Phi) is 8.96. The Hall–Kier alpha value is -4.12. The molecule has 2 N–H and O–H groups in total. The lowest BCUT2D eigenvalue weighted by Gasteiger charge is -2.23. The molecule has 2 aromatic carbocycles. The standard InChI is InChI=1S/C30H29Cl2N5O5/c1-4-24(38)34-19-9-7-17(8-10-19)15-37-28-18(14-33-30(36-28)35-20-6-5-11-42-16-20)12-21(29(37)39)25-26(31)22(40-2)13-23(41-3)27(25)32/h4,7-10,12-14,20H,1,5-6,11,15-16H2,2-3H3,(H,34,38)(H,33,35,36)/t20-/m0/s1. The Morgan fingerprint density at radius 3 is 2.50 bits per heavy atom. The summed E-state index contributed by atoms with van der Waals surface area (Å²) >= 11 is 13.4. The number of anilines is 2. The predicted molar refractivity (Wildman–Crippen MR) is 164 cm³/mol. The van der Waals surface area contributed by atoms with E-state index in [4.69, 9.17) is 42.4 Å². The van der Waals surface area contributed by atoms with Gasteiger partial charge in [-0.05, 0) is 42.7 Å². The number of carbonyl (C=O) groups excluding carboxylic acids is 1. The van der Waals surface area contributed by atoms with Crippen molar-refractivity contribution in [2.75, 3.05) is 38.1 Å². The van der Waals surface area contributed by atoms with Crippen LogP contribution in [0, 0.1) is 0 Å². The summed E-state index contributed by atoms with van der Waals surface area (Å²) in [5.74, 6) is 0.684. The van der Waals surface area contributed by atoms with Crippen LogP contribution in [0.1, 0.15) is 18.4 Å². The van der Waals surface area contributed by atoms with E-state index in [-0.39, 0.29) is 45.2 Å². The lowest BCUT2D eigenvalue weighted by atomic mass is 10.0. The van der Waals surface area contributed by atoms with Gasteiger partial charge in [0.15, 0.2) is 0 Å². The number of halogens is 2. The second-order valence-corrected chi connectivity index (χ2v) is 10.4. The number of amides is 1. The fraction of sp³-hybridized carbons (Fsp3) is 0.267. The van der Waals surface area contributed by atoms with Crippen LogP contribution < -0.4 is 25.7 Å². The van der Waals surface area contributed by atoms with Gasteiger partial charge in [-0.25, -0.2) is 4.98 Å². The highest BCUT2D eigenvalue weighted by molar-refractivity contribution is 6.41. The van der Waals surface area contributed by atoms with E-state index in [0.717, 1.165) is 25.0 Å². The molecule has 0 unspecified atom stereocenters. The molecule has 0 bridgehead atoms. The second kappa shape index (κ2) is 12.8. The van der Waals surface area contributed by atoms with Crippen molar-refractivity contribution >= 4 is 51.8 Å². The van der Waals surface area contributed by atoms with Crippen molar-refractivity contribution in [3.63, 3.8) is 0 Å². The van der Waals surface area contributed by atoms with Crippen LogP contribution in [0.5, 0.6) is 11.5 Å². The number of hydrogen-bond donors (Lipinski definition) is 2. The summed E-state index contributed by atoms with van der Waals surface area (Å²) in [6, 6.07) is 10.4. The molecule has 5 rings (SSSR count). The third-order valence-corrected chi connectivity index (χ3v) is 7.66. The van der Waals surface area contributed by atoms with E-state index in [9.17, 15) is 9.59 Å². The van der Waals surface area contributed by atoms with Gasteiger partial charge in [0.1, 0.15) is 17.1 Å². The number of hydrogen-bond acceptors (Lipinski definition) is 8. The number of ether oxygens (including phenoxy) is 3. The third kappa shape index (κ3) is 6.06. The Morgan fingerprint density at radius 1 is 1.17 bits per heavy atom. The van der Waals surface area contributed by atoms with E-state index in [0.29, 0.717) is 40.8 Å². The highest BCUT2D eigenvalue weighted by atomic mass is 35.5. The molecule has 2 aromatic heterocycles. The number of carbonyl (C=O) groups is 1. The van der Waals surface area contributed by atoms with Crippen LogP contribution in [-0.4, -0.2) is 53.9 Å². The molecule has 1 amide bonds. The summed E-state index contributed by atoms with van der Waals surface area (Å²) in [6.07, 6.45) is 4.71. The normalized spacial score (nSPS) is 14.8. The number of benzene rings is 2. The first-order chi connectivity index (χ1) is 20.3. The van der Waals surface area contributed by atoms with Crippen LogP contribution in [0.3, 0.4) is 0 Å². The van der Waals surface area contributed by atoms with E-state index in [2.05, 4.69) is 22.2 Å². The zero-order valence-corrected chi connectivity index (χ0v) is 24.6. The van der Waals surface area contributed by atoms with Gasteiger partial charge in [0.2, 0.25) is 11.9 Å². The molecule has 218 valence electrons. The molecule has 42 heavy (non-hydrogen) atoms. The molecule has 1 aliphatic rings. The molecule has 1 saturated heterocycles. The quantitative estimate of drug-likeness (QED) is 0.237. The zero-order valence-electron chi connectivity index (χ0n) is 23.1. The molecule has 1 aliphatic heterocycles. The van der Waals surface area contributed by atoms with Crippen LogP contribution in [0.2, 0.25) is 10.0 Å². The first-order valence-corrected chi connectivity index (χ1v) is 14.0. The van der Waals surface area contributed by atoms with Gasteiger partial charge in [-0.1, -0.05) is 41.9 Å². The molecule has 0 aliphatic carbocycles. The molecule has 4 aromatic rings. The van der Waals surface area contributed by atoms with E-state index in [1.54, 1.807) is 35.0 Å². The van der Waals surface area contributed by atoms with Gasteiger partial charge in [0, 0.05) is 35.5 Å². The number of nitrogens with one attached hydrogen (secondary N) is 2. The van der Waals surface area contributed by atoms with Crippen LogP contribution >= 0.6 is 23.2 Å². The SMILES string of the molecule is C=CC(=O)Nc1ccc(Cn2c(=O)c(-c3c(Cl)c(OC)cc(OC)c3Cl)cc3cnc(N[C@H]4CCCOC4)nc32)cc1. The molecule has 12 heteroatoms. The minimum absolute atomic E-state index is 0.0656. The molecular formula is C30H29Cl2N5O5. The van der Waals surface area contributed by atoms with Gasteiger partial charge in [-0.15, -0.1) is 0 Å². The van der Waals surface area contributed by atoms with Crippen LogP contribution in [0.25, 0.3) is 22.2 Å². The Balaban J connectivity index is 1.66. The second-order valence-electron chi connectivity index (χ2n) is 9.65. The summed E-state index contributed by atoms with van der Waals surface area (Å²) < 4.78 is 18.0. The topological polar surface area (TPSA) is 117 Å². The molecular weight excluding hydrogens is 581 g/mol. The van der Waals surface area contributed by atoms with Crippen molar-refractivity contribution in [1.29, 1.82) is 0 Å². The summed E-state index contributed by atoms with van der Waals surface area (Å²) in [4.78, 5) is 35.2. The minimum Gasteiger partial charge on any atom is -0.495 e. The number of methoxy groups -OCH3 is 2. The maximum absolute atomic E-state index is 14.2. The third-order valence-electron chi connectivity index (χ3n) is 6.91. The molecule has 1 fully saturated rings. The summed E-state index contributed by atoms with van der Waals surface area (Å²) in [5, 5.41) is 6.98. The number of rotatable bonds is 9. The first-order valence-electron chi connectivity index (χ1n) is 13.2. The van der Waals surface area contributed by atoms with Crippen LogP contribution in [0.15, 0.2) is 60.0 Å². The van der Waals surface area contributed by atoms with Crippen molar-refractivity contribution in [3.8, 4) is 22.6 Å². The number of aromatic nitrogens is 3. The summed E-state index contributed by atoms with van der Waals surface area (Å²) in [7, 11) is 2.94. The molecule has 0 spiro atoms. The average Bonchev–Trinajstić information content (AvgIpc) is 3.00. The van der Waals surface area contributed by atoms with Crippen molar-refractivity contribution in [2.45, 2.75) is 25.4 Å². The Labute approximate surface area is 252 Å². The van der Waals surface area contributed by atoms with Gasteiger partial charge >= 0.3 is 0 Å². The molecule has 10 nitrogen and oxygen atoms in total. The zero-order chi connectivity index (χ0) is 29.8. The smallest absolute Gasteiger partial charge is 0.260 e. The van der Waals surface area contributed by atoms with E-state index >= 15 is 0 Å². The molecule has 0 saturated carbocycles. The van der Waals surface area contributed by atoms with Gasteiger partial charge in [0.25, 0.3) is 5.56 Å². The first kappa shape index (κ1) is 29.4. The van der Waals surface area contributed by atoms with E-state index < -0.39 is 0 Å². The van der Waals surface area contributed by atoms with Crippen molar-refractivity contribution in [1.82, 2.24) is 14.5 Å². The lowest BCUT2D eigenvalue weighted by molar-refractivity contribution is -0.111. The van der Waals surface area contributed by atoms with Gasteiger partial charge in [-0.2, -0.15) is 4.98 Å². The van der Waals surface area contributed by atoms with Gasteiger partial charge in [-0.3, -0.25) is 14.2 Å². The monoisotopic (exact) mass is 609 g/mol. The summed E-state index contributed by atoms with van der Waals surface area (Å²) in [5.41, 5.74) is 1.94. The van der Waals surface area contributed by atoms with Crippen LogP contribution in [0.4, 0.5) is 11.6 Å². The fourth-order valence-corrected chi connectivity index (χ4v) is 5.49. The predicted octanol–water partition coefficient (Wildman–Crippen LogP) is 5.55. The number of pyridine rings is 1. The van der Waals surface area contributed by atoms with Crippen molar-refractivity contribution in [2.24, 2.45) is 0 Å². The molecule has 0 radical (unpaired) electrons. The number of fused-ring (bicyclic) bond motifs is 1. The molecule has 3 heterocycles. The van der Waals surface area contributed by atoms with Gasteiger partial charge < -0.3 is 24.8 Å². The maximum atomic E-state index is 14.2.